The van der Waals surface area contributed by atoms with Gasteiger partial charge in [-0.05, 0) is 19.0 Å². The summed E-state index contributed by atoms with van der Waals surface area (Å²) in [5.74, 6) is 0. The molecule has 1 aromatic heterocycles. The lowest BCUT2D eigenvalue weighted by atomic mass is 10.3. The van der Waals surface area contributed by atoms with Gasteiger partial charge in [0.1, 0.15) is 0 Å². The van der Waals surface area contributed by atoms with E-state index in [1.807, 2.05) is 6.07 Å². The Kier molecular flexibility index (Phi) is 3.53. The van der Waals surface area contributed by atoms with Crippen molar-refractivity contribution in [3.05, 3.63) is 34.7 Å². The number of hydrogen-bond donors (Lipinski definition) is 1. The first-order valence-corrected chi connectivity index (χ1v) is 5.34. The Hall–Kier alpha value is -1.13. The van der Waals surface area contributed by atoms with Crippen molar-refractivity contribution in [1.82, 2.24) is 9.88 Å². The Morgan fingerprint density at radius 2 is 2.47 bits per heavy atom. The summed E-state index contributed by atoms with van der Waals surface area (Å²) in [6.45, 7) is 3.21. The van der Waals surface area contributed by atoms with Crippen molar-refractivity contribution in [3.8, 4) is 0 Å². The second kappa shape index (κ2) is 5.09. The molecule has 4 heteroatoms. The molecule has 0 amide bonds. The number of rotatable bonds is 4. The molecule has 15 heavy (non-hydrogen) atoms. The van der Waals surface area contributed by atoms with Crippen molar-refractivity contribution < 1.29 is 4.74 Å². The van der Waals surface area contributed by atoms with Crippen molar-refractivity contribution in [1.29, 1.82) is 0 Å². The molecule has 1 N–H and O–H groups in total. The maximum absolute atomic E-state index is 11.3. The van der Waals surface area contributed by atoms with Crippen LogP contribution in [0.15, 0.2) is 29.2 Å². The third-order valence-corrected chi connectivity index (χ3v) is 2.60. The van der Waals surface area contributed by atoms with Crippen LogP contribution in [0.2, 0.25) is 0 Å². The van der Waals surface area contributed by atoms with Crippen molar-refractivity contribution in [2.75, 3.05) is 19.7 Å². The third kappa shape index (κ3) is 2.91. The second-order valence-corrected chi connectivity index (χ2v) is 3.72. The highest BCUT2D eigenvalue weighted by Crippen LogP contribution is 2.02. The van der Waals surface area contributed by atoms with Gasteiger partial charge in [0, 0.05) is 25.4 Å². The van der Waals surface area contributed by atoms with Gasteiger partial charge >= 0.3 is 0 Å². The lowest BCUT2D eigenvalue weighted by Gasteiger charge is -2.11. The summed E-state index contributed by atoms with van der Waals surface area (Å²) < 4.78 is 7.31. The van der Waals surface area contributed by atoms with Gasteiger partial charge in [0.25, 0.3) is 5.56 Å². The molecule has 4 nitrogen and oxygen atoms in total. The van der Waals surface area contributed by atoms with E-state index in [0.29, 0.717) is 19.3 Å². The number of pyridine rings is 1. The Morgan fingerprint density at radius 3 is 3.20 bits per heavy atom. The van der Waals surface area contributed by atoms with E-state index in [9.17, 15) is 4.79 Å². The van der Waals surface area contributed by atoms with Crippen LogP contribution in [0, 0.1) is 0 Å². The maximum Gasteiger partial charge on any atom is 0.250 e. The van der Waals surface area contributed by atoms with Crippen LogP contribution in [-0.4, -0.2) is 30.4 Å². The number of nitrogens with one attached hydrogen (secondary N) is 1. The van der Waals surface area contributed by atoms with Gasteiger partial charge in [0.05, 0.1) is 12.7 Å². The zero-order valence-corrected chi connectivity index (χ0v) is 8.69. The fourth-order valence-electron chi connectivity index (χ4n) is 1.73. The third-order valence-electron chi connectivity index (χ3n) is 2.60. The summed E-state index contributed by atoms with van der Waals surface area (Å²) in [4.78, 5) is 11.3. The Labute approximate surface area is 88.9 Å². The molecule has 0 aliphatic carbocycles. The molecule has 2 heterocycles. The minimum absolute atomic E-state index is 0.0330. The average Bonchev–Trinajstić information content (AvgIpc) is 2.74. The largest absolute Gasteiger partial charge is 0.375 e. The summed E-state index contributed by atoms with van der Waals surface area (Å²) in [6, 6.07) is 5.18. The molecule has 0 radical (unpaired) electrons. The van der Waals surface area contributed by atoms with Crippen LogP contribution in [0.4, 0.5) is 0 Å². The zero-order chi connectivity index (χ0) is 10.5. The highest BCUT2D eigenvalue weighted by Gasteiger charge is 2.13. The maximum atomic E-state index is 11.3. The lowest BCUT2D eigenvalue weighted by molar-refractivity contribution is 0.0609. The highest BCUT2D eigenvalue weighted by molar-refractivity contribution is 4.92. The Balaban J connectivity index is 1.78. The SMILES string of the molecule is O=c1ccccn1CCOC1CCNC1. The molecule has 82 valence electrons. The van der Waals surface area contributed by atoms with E-state index in [4.69, 9.17) is 4.74 Å². The summed E-state index contributed by atoms with van der Waals surface area (Å²) in [6.07, 6.45) is 3.19. The standard InChI is InChI=1S/C11H16N2O2/c14-11-3-1-2-6-13(11)7-8-15-10-4-5-12-9-10/h1-3,6,10,12H,4-5,7-9H2. The molecular formula is C11H16N2O2. The second-order valence-electron chi connectivity index (χ2n) is 3.72. The quantitative estimate of drug-likeness (QED) is 0.770. The van der Waals surface area contributed by atoms with E-state index >= 15 is 0 Å². The van der Waals surface area contributed by atoms with E-state index in [1.54, 1.807) is 22.9 Å². The van der Waals surface area contributed by atoms with Gasteiger partial charge in [-0.3, -0.25) is 4.79 Å². The molecule has 0 aromatic carbocycles. The molecule has 1 aliphatic rings. The van der Waals surface area contributed by atoms with Gasteiger partial charge in [-0.2, -0.15) is 0 Å². The Bertz CT molecular complexity index is 356. The molecule has 2 rings (SSSR count). The molecule has 1 unspecified atom stereocenters. The van der Waals surface area contributed by atoms with E-state index in [1.165, 1.54) is 0 Å². The summed E-state index contributed by atoms with van der Waals surface area (Å²) in [5, 5.41) is 3.24. The van der Waals surface area contributed by atoms with Crippen molar-refractivity contribution in [3.63, 3.8) is 0 Å². The van der Waals surface area contributed by atoms with Crippen LogP contribution in [0.3, 0.4) is 0 Å². The van der Waals surface area contributed by atoms with Crippen molar-refractivity contribution in [2.45, 2.75) is 19.1 Å². The first-order chi connectivity index (χ1) is 7.36. The fourth-order valence-corrected chi connectivity index (χ4v) is 1.73. The van der Waals surface area contributed by atoms with Gasteiger partial charge in [-0.25, -0.2) is 0 Å². The van der Waals surface area contributed by atoms with Gasteiger partial charge in [-0.15, -0.1) is 0 Å². The predicted molar refractivity (Wildman–Crippen MR) is 57.9 cm³/mol. The van der Waals surface area contributed by atoms with Gasteiger partial charge < -0.3 is 14.6 Å². The molecule has 1 aliphatic heterocycles. The van der Waals surface area contributed by atoms with E-state index in [-0.39, 0.29) is 5.56 Å². The molecule has 0 saturated carbocycles. The van der Waals surface area contributed by atoms with Gasteiger partial charge in [0.2, 0.25) is 0 Å². The lowest BCUT2D eigenvalue weighted by Crippen LogP contribution is -2.23. The number of ether oxygens (including phenoxy) is 1. The minimum Gasteiger partial charge on any atom is -0.375 e. The van der Waals surface area contributed by atoms with Crippen LogP contribution in [0.1, 0.15) is 6.42 Å². The molecular weight excluding hydrogens is 192 g/mol. The summed E-state index contributed by atoms with van der Waals surface area (Å²) >= 11 is 0. The van der Waals surface area contributed by atoms with Crippen LogP contribution in [0.5, 0.6) is 0 Å². The monoisotopic (exact) mass is 208 g/mol. The van der Waals surface area contributed by atoms with Crippen molar-refractivity contribution in [2.24, 2.45) is 0 Å². The first kappa shape index (κ1) is 10.4. The van der Waals surface area contributed by atoms with E-state index in [0.717, 1.165) is 19.5 Å². The Morgan fingerprint density at radius 1 is 1.53 bits per heavy atom. The zero-order valence-electron chi connectivity index (χ0n) is 8.69. The molecule has 1 saturated heterocycles. The fraction of sp³-hybridized carbons (Fsp3) is 0.545. The number of hydrogen-bond acceptors (Lipinski definition) is 3. The van der Waals surface area contributed by atoms with E-state index < -0.39 is 0 Å². The van der Waals surface area contributed by atoms with E-state index in [2.05, 4.69) is 5.32 Å². The molecule has 1 aromatic rings. The van der Waals surface area contributed by atoms with Crippen LogP contribution in [-0.2, 0) is 11.3 Å². The highest BCUT2D eigenvalue weighted by atomic mass is 16.5. The van der Waals surface area contributed by atoms with Crippen LogP contribution in [0.25, 0.3) is 0 Å². The normalized spacial score (nSPS) is 20.7. The average molecular weight is 208 g/mol. The van der Waals surface area contributed by atoms with Gasteiger partial charge in [0.15, 0.2) is 0 Å². The molecule has 1 atom stereocenters. The van der Waals surface area contributed by atoms with Crippen molar-refractivity contribution >= 4 is 0 Å². The summed E-state index contributed by atoms with van der Waals surface area (Å²) in [7, 11) is 0. The van der Waals surface area contributed by atoms with Crippen LogP contribution < -0.4 is 10.9 Å². The number of nitrogens with zero attached hydrogens (tertiary/aromatic N) is 1. The molecule has 0 spiro atoms. The topological polar surface area (TPSA) is 43.3 Å². The van der Waals surface area contributed by atoms with Gasteiger partial charge in [-0.1, -0.05) is 6.07 Å². The number of aromatic nitrogens is 1. The minimum atomic E-state index is 0.0330. The predicted octanol–water partition coefficient (Wildman–Crippen LogP) is 0.227. The first-order valence-electron chi connectivity index (χ1n) is 5.34. The molecule has 1 fully saturated rings. The van der Waals surface area contributed by atoms with Crippen LogP contribution >= 0.6 is 0 Å². The molecule has 0 bridgehead atoms. The summed E-state index contributed by atoms with van der Waals surface area (Å²) in [5.41, 5.74) is 0.0330. The smallest absolute Gasteiger partial charge is 0.250 e.